The summed E-state index contributed by atoms with van der Waals surface area (Å²) in [5.74, 6) is 0.547. The summed E-state index contributed by atoms with van der Waals surface area (Å²) in [6, 6.07) is 11.3. The van der Waals surface area contributed by atoms with Crippen molar-refractivity contribution < 1.29 is 18.7 Å². The lowest BCUT2D eigenvalue weighted by atomic mass is 10.1. The first-order valence-electron chi connectivity index (χ1n) is 8.88. The van der Waals surface area contributed by atoms with Gasteiger partial charge in [-0.25, -0.2) is 4.79 Å². The van der Waals surface area contributed by atoms with Gasteiger partial charge in [0.25, 0.3) is 5.91 Å². The van der Waals surface area contributed by atoms with Crippen LogP contribution in [-0.4, -0.2) is 55.0 Å². The van der Waals surface area contributed by atoms with Gasteiger partial charge < -0.3 is 14.1 Å². The lowest BCUT2D eigenvalue weighted by Crippen LogP contribution is -2.48. The molecule has 0 saturated carbocycles. The van der Waals surface area contributed by atoms with Crippen molar-refractivity contribution in [3.8, 4) is 0 Å². The number of amides is 1. The smallest absolute Gasteiger partial charge is 0.373 e. The molecular formula is C20H24N2O4. The van der Waals surface area contributed by atoms with E-state index in [1.807, 2.05) is 29.2 Å². The predicted molar refractivity (Wildman–Crippen MR) is 97.0 cm³/mol. The number of hydrogen-bond donors (Lipinski definition) is 0. The van der Waals surface area contributed by atoms with E-state index in [0.717, 1.165) is 30.8 Å². The molecule has 0 aliphatic carbocycles. The Hall–Kier alpha value is -2.60. The third kappa shape index (κ3) is 4.14. The molecule has 6 nitrogen and oxygen atoms in total. The number of ether oxygens (including phenoxy) is 1. The van der Waals surface area contributed by atoms with Crippen molar-refractivity contribution in [1.29, 1.82) is 0 Å². The number of carbonyl (C=O) groups is 2. The number of hydrogen-bond acceptors (Lipinski definition) is 5. The maximum atomic E-state index is 12.6. The van der Waals surface area contributed by atoms with E-state index in [-0.39, 0.29) is 11.7 Å². The van der Waals surface area contributed by atoms with E-state index in [4.69, 9.17) is 4.42 Å². The second-order valence-corrected chi connectivity index (χ2v) is 6.38. The van der Waals surface area contributed by atoms with Gasteiger partial charge in [0.15, 0.2) is 0 Å². The molecule has 2 heterocycles. The summed E-state index contributed by atoms with van der Waals surface area (Å²) in [5.41, 5.74) is 1.97. The van der Waals surface area contributed by atoms with E-state index in [1.165, 1.54) is 12.7 Å². The topological polar surface area (TPSA) is 63.0 Å². The predicted octanol–water partition coefficient (Wildman–Crippen LogP) is 2.59. The molecule has 2 aromatic rings. The Morgan fingerprint density at radius 1 is 1.04 bits per heavy atom. The second-order valence-electron chi connectivity index (χ2n) is 6.38. The highest BCUT2D eigenvalue weighted by Crippen LogP contribution is 2.15. The van der Waals surface area contributed by atoms with Crippen LogP contribution in [0.1, 0.15) is 39.2 Å². The van der Waals surface area contributed by atoms with E-state index in [2.05, 4.69) is 16.6 Å². The van der Waals surface area contributed by atoms with Crippen molar-refractivity contribution in [2.24, 2.45) is 0 Å². The number of carbonyl (C=O) groups excluding carboxylic acids is 2. The van der Waals surface area contributed by atoms with E-state index >= 15 is 0 Å². The van der Waals surface area contributed by atoms with E-state index < -0.39 is 5.97 Å². The molecule has 0 radical (unpaired) electrons. The number of aryl methyl sites for hydroxylation is 1. The molecule has 1 fully saturated rings. The van der Waals surface area contributed by atoms with Gasteiger partial charge in [0.05, 0.1) is 13.7 Å². The van der Waals surface area contributed by atoms with Crippen molar-refractivity contribution >= 4 is 11.9 Å². The average molecular weight is 356 g/mol. The maximum absolute atomic E-state index is 12.6. The molecule has 1 aromatic carbocycles. The molecule has 138 valence electrons. The van der Waals surface area contributed by atoms with E-state index in [1.54, 1.807) is 12.1 Å². The maximum Gasteiger partial charge on any atom is 0.373 e. The Morgan fingerprint density at radius 2 is 1.73 bits per heavy atom. The van der Waals surface area contributed by atoms with Gasteiger partial charge in [-0.3, -0.25) is 9.69 Å². The van der Waals surface area contributed by atoms with Crippen LogP contribution < -0.4 is 0 Å². The Balaban J connectivity index is 1.52. The first-order chi connectivity index (χ1) is 12.6. The highest BCUT2D eigenvalue weighted by atomic mass is 16.5. The first kappa shape index (κ1) is 18.2. The van der Waals surface area contributed by atoms with Gasteiger partial charge in [-0.2, -0.15) is 0 Å². The van der Waals surface area contributed by atoms with Crippen LogP contribution in [0.15, 0.2) is 40.8 Å². The van der Waals surface area contributed by atoms with Crippen molar-refractivity contribution in [3.63, 3.8) is 0 Å². The molecule has 0 atom stereocenters. The summed E-state index contributed by atoms with van der Waals surface area (Å²) in [6.45, 7) is 5.62. The molecular weight excluding hydrogens is 332 g/mol. The molecule has 1 aromatic heterocycles. The van der Waals surface area contributed by atoms with Crippen molar-refractivity contribution in [2.45, 2.75) is 19.9 Å². The molecule has 0 N–H and O–H groups in total. The molecule has 0 spiro atoms. The number of benzene rings is 1. The van der Waals surface area contributed by atoms with Crippen molar-refractivity contribution in [2.75, 3.05) is 33.3 Å². The molecule has 1 aliphatic rings. The van der Waals surface area contributed by atoms with Crippen LogP contribution in [-0.2, 0) is 17.7 Å². The number of methoxy groups -OCH3 is 1. The van der Waals surface area contributed by atoms with Crippen LogP contribution in [0, 0.1) is 0 Å². The van der Waals surface area contributed by atoms with E-state index in [9.17, 15) is 9.59 Å². The zero-order valence-corrected chi connectivity index (χ0v) is 15.2. The third-order valence-corrected chi connectivity index (χ3v) is 4.70. The standard InChI is InChI=1S/C20H24N2O4/c1-3-15-4-6-16(7-5-15)19(23)22-12-10-21(11-13-22)14-17-8-9-18(26-17)20(24)25-2/h4-9H,3,10-14H2,1-2H3. The number of nitrogens with zero attached hydrogens (tertiary/aromatic N) is 2. The SMILES string of the molecule is CCc1ccc(C(=O)N2CCN(Cc3ccc(C(=O)OC)o3)CC2)cc1. The Labute approximate surface area is 153 Å². The van der Waals surface area contributed by atoms with Crippen molar-refractivity contribution in [1.82, 2.24) is 9.80 Å². The van der Waals surface area contributed by atoms with Gasteiger partial charge in [0.1, 0.15) is 5.76 Å². The average Bonchev–Trinajstić information content (AvgIpc) is 3.16. The Bertz CT molecular complexity index is 758. The van der Waals surface area contributed by atoms with Gasteiger partial charge in [-0.15, -0.1) is 0 Å². The number of piperazine rings is 1. The Morgan fingerprint density at radius 3 is 2.35 bits per heavy atom. The summed E-state index contributed by atoms with van der Waals surface area (Å²) in [4.78, 5) is 28.2. The number of esters is 1. The molecule has 6 heteroatoms. The lowest BCUT2D eigenvalue weighted by Gasteiger charge is -2.34. The summed E-state index contributed by atoms with van der Waals surface area (Å²) in [5, 5.41) is 0. The zero-order chi connectivity index (χ0) is 18.5. The van der Waals surface area contributed by atoms with Crippen molar-refractivity contribution in [3.05, 3.63) is 59.0 Å². The van der Waals surface area contributed by atoms with Gasteiger partial charge >= 0.3 is 5.97 Å². The molecule has 3 rings (SSSR count). The van der Waals surface area contributed by atoms with Gasteiger partial charge in [0.2, 0.25) is 5.76 Å². The molecule has 1 saturated heterocycles. The fourth-order valence-electron chi connectivity index (χ4n) is 3.07. The normalized spacial score (nSPS) is 15.1. The molecule has 0 unspecified atom stereocenters. The summed E-state index contributed by atoms with van der Waals surface area (Å²) < 4.78 is 10.2. The highest BCUT2D eigenvalue weighted by Gasteiger charge is 2.23. The zero-order valence-electron chi connectivity index (χ0n) is 15.2. The summed E-state index contributed by atoms with van der Waals surface area (Å²) >= 11 is 0. The minimum absolute atomic E-state index is 0.0817. The van der Waals surface area contributed by atoms with Crippen LogP contribution >= 0.6 is 0 Å². The second kappa shape index (κ2) is 8.19. The largest absolute Gasteiger partial charge is 0.463 e. The third-order valence-electron chi connectivity index (χ3n) is 4.70. The van der Waals surface area contributed by atoms with E-state index in [0.29, 0.717) is 19.6 Å². The van der Waals surface area contributed by atoms with Crippen LogP contribution in [0.4, 0.5) is 0 Å². The Kier molecular flexibility index (Phi) is 5.73. The minimum Gasteiger partial charge on any atom is -0.463 e. The van der Waals surface area contributed by atoms with Crippen LogP contribution in [0.25, 0.3) is 0 Å². The monoisotopic (exact) mass is 356 g/mol. The minimum atomic E-state index is -0.472. The molecule has 1 aliphatic heterocycles. The molecule has 26 heavy (non-hydrogen) atoms. The van der Waals surface area contributed by atoms with Crippen LogP contribution in [0.5, 0.6) is 0 Å². The quantitative estimate of drug-likeness (QED) is 0.771. The first-order valence-corrected chi connectivity index (χ1v) is 8.88. The number of furan rings is 1. The fraction of sp³-hybridized carbons (Fsp3) is 0.400. The van der Waals surface area contributed by atoms with Gasteiger partial charge in [0, 0.05) is 31.7 Å². The summed E-state index contributed by atoms with van der Waals surface area (Å²) in [7, 11) is 1.33. The summed E-state index contributed by atoms with van der Waals surface area (Å²) in [6.07, 6.45) is 0.970. The molecule has 0 bridgehead atoms. The van der Waals surface area contributed by atoms with Crippen LogP contribution in [0.3, 0.4) is 0 Å². The lowest BCUT2D eigenvalue weighted by molar-refractivity contribution is 0.0549. The number of rotatable bonds is 5. The van der Waals surface area contributed by atoms with Crippen LogP contribution in [0.2, 0.25) is 0 Å². The molecule has 1 amide bonds. The highest BCUT2D eigenvalue weighted by molar-refractivity contribution is 5.94. The van der Waals surface area contributed by atoms with Gasteiger partial charge in [-0.05, 0) is 36.2 Å². The fourth-order valence-corrected chi connectivity index (χ4v) is 3.07. The van der Waals surface area contributed by atoms with Gasteiger partial charge in [-0.1, -0.05) is 19.1 Å².